The molecule has 0 bridgehead atoms. The quantitative estimate of drug-likeness (QED) is 0.629. The highest BCUT2D eigenvalue weighted by molar-refractivity contribution is 9.10. The van der Waals surface area contributed by atoms with Gasteiger partial charge < -0.3 is 5.73 Å². The minimum Gasteiger partial charge on any atom is -0.384 e. The lowest BCUT2D eigenvalue weighted by Gasteiger charge is -2.39. The Kier molecular flexibility index (Phi) is 5.37. The standard InChI is InChI=1S/C23H22BrN3OS/c1-3-15-8-10-20(29-15)21-16(12-25)23(26)27(17-9-7-14(24)11-13(17)2)18-5-4-6-19(28)22(18)21/h7-11,21H,3-6,26H2,1-2H3. The summed E-state index contributed by atoms with van der Waals surface area (Å²) in [6, 6.07) is 12.5. The number of hydrogen-bond acceptors (Lipinski definition) is 5. The molecular formula is C23H22BrN3OS. The van der Waals surface area contributed by atoms with Crippen LogP contribution >= 0.6 is 27.3 Å². The average Bonchev–Trinajstić information content (AvgIpc) is 3.17. The zero-order chi connectivity index (χ0) is 20.7. The molecule has 1 aliphatic carbocycles. The van der Waals surface area contributed by atoms with Crippen molar-refractivity contribution in [2.24, 2.45) is 5.73 Å². The number of anilines is 1. The summed E-state index contributed by atoms with van der Waals surface area (Å²) in [6.07, 6.45) is 3.03. The molecule has 29 heavy (non-hydrogen) atoms. The molecule has 2 aromatic rings. The number of carbonyl (C=O) groups excluding carboxylic acids is 1. The Labute approximate surface area is 183 Å². The van der Waals surface area contributed by atoms with Gasteiger partial charge in [-0.25, -0.2) is 0 Å². The highest BCUT2D eigenvalue weighted by Crippen LogP contribution is 2.48. The SMILES string of the molecule is CCc1ccc(C2C(C#N)=C(N)N(c3ccc(Br)cc3C)C3=C2C(=O)CCC3)s1. The van der Waals surface area contributed by atoms with Crippen LogP contribution in [-0.2, 0) is 11.2 Å². The van der Waals surface area contributed by atoms with E-state index < -0.39 is 0 Å². The fourth-order valence-corrected chi connectivity index (χ4v) is 5.80. The summed E-state index contributed by atoms with van der Waals surface area (Å²) in [5.74, 6) is 0.200. The van der Waals surface area contributed by atoms with Crippen LogP contribution in [0.2, 0.25) is 0 Å². The highest BCUT2D eigenvalue weighted by atomic mass is 79.9. The van der Waals surface area contributed by atoms with Gasteiger partial charge >= 0.3 is 0 Å². The lowest BCUT2D eigenvalue weighted by Crippen LogP contribution is -2.38. The zero-order valence-electron chi connectivity index (χ0n) is 16.5. The fraction of sp³-hybridized carbons (Fsp3) is 0.304. The molecule has 1 aromatic heterocycles. The lowest BCUT2D eigenvalue weighted by molar-refractivity contribution is -0.116. The van der Waals surface area contributed by atoms with E-state index in [2.05, 4.69) is 35.0 Å². The van der Waals surface area contributed by atoms with E-state index in [9.17, 15) is 10.1 Å². The number of allylic oxidation sites excluding steroid dienone is 3. The van der Waals surface area contributed by atoms with Crippen LogP contribution in [0.15, 0.2) is 57.5 Å². The van der Waals surface area contributed by atoms with Gasteiger partial charge in [0, 0.05) is 31.9 Å². The number of nitrogens with zero attached hydrogens (tertiary/aromatic N) is 2. The number of ketones is 1. The lowest BCUT2D eigenvalue weighted by atomic mass is 9.78. The number of rotatable bonds is 3. The first-order chi connectivity index (χ1) is 14.0. The minimum absolute atomic E-state index is 0.128. The molecule has 2 heterocycles. The van der Waals surface area contributed by atoms with Gasteiger partial charge in [0.15, 0.2) is 5.78 Å². The van der Waals surface area contributed by atoms with Gasteiger partial charge in [-0.2, -0.15) is 5.26 Å². The second-order valence-corrected chi connectivity index (χ2v) is 9.52. The van der Waals surface area contributed by atoms with E-state index in [0.717, 1.165) is 51.1 Å². The van der Waals surface area contributed by atoms with E-state index in [1.165, 1.54) is 4.88 Å². The number of thiophene rings is 1. The van der Waals surface area contributed by atoms with Crippen molar-refractivity contribution in [1.82, 2.24) is 0 Å². The van der Waals surface area contributed by atoms with Crippen LogP contribution in [0, 0.1) is 18.3 Å². The Balaban J connectivity index is 1.96. The van der Waals surface area contributed by atoms with Crippen LogP contribution in [0.5, 0.6) is 0 Å². The molecule has 1 aromatic carbocycles. The summed E-state index contributed by atoms with van der Waals surface area (Å²) in [5, 5.41) is 10.1. The summed E-state index contributed by atoms with van der Waals surface area (Å²) in [5.41, 5.74) is 10.7. The molecule has 0 amide bonds. The monoisotopic (exact) mass is 467 g/mol. The molecule has 6 heteroatoms. The van der Waals surface area contributed by atoms with E-state index in [4.69, 9.17) is 5.73 Å². The van der Waals surface area contributed by atoms with Crippen LogP contribution < -0.4 is 10.6 Å². The van der Waals surface area contributed by atoms with Gasteiger partial charge in [0.25, 0.3) is 0 Å². The smallest absolute Gasteiger partial charge is 0.161 e. The normalized spacial score (nSPS) is 19.4. The number of aryl methyl sites for hydroxylation is 2. The molecule has 0 saturated carbocycles. The summed E-state index contributed by atoms with van der Waals surface area (Å²) in [6.45, 7) is 4.13. The molecule has 1 atom stereocenters. The molecule has 0 saturated heterocycles. The van der Waals surface area contributed by atoms with E-state index in [1.54, 1.807) is 11.3 Å². The van der Waals surface area contributed by atoms with Crippen molar-refractivity contribution in [1.29, 1.82) is 5.26 Å². The minimum atomic E-state index is -0.361. The predicted molar refractivity (Wildman–Crippen MR) is 121 cm³/mol. The first-order valence-corrected chi connectivity index (χ1v) is 11.4. The van der Waals surface area contributed by atoms with Gasteiger partial charge in [-0.3, -0.25) is 9.69 Å². The van der Waals surface area contributed by atoms with Crippen molar-refractivity contribution in [3.05, 3.63) is 72.8 Å². The predicted octanol–water partition coefficient (Wildman–Crippen LogP) is 5.69. The van der Waals surface area contributed by atoms with Crippen LogP contribution in [0.25, 0.3) is 0 Å². The maximum atomic E-state index is 13.1. The average molecular weight is 468 g/mol. The number of benzene rings is 1. The number of nitrogens with two attached hydrogens (primary N) is 1. The van der Waals surface area contributed by atoms with E-state index in [1.807, 2.05) is 36.1 Å². The van der Waals surface area contributed by atoms with Crippen LogP contribution in [0.1, 0.15) is 47.4 Å². The van der Waals surface area contributed by atoms with Crippen LogP contribution in [-0.4, -0.2) is 5.78 Å². The Morgan fingerprint density at radius 3 is 2.76 bits per heavy atom. The Bertz CT molecular complexity index is 1110. The number of Topliss-reactive ketones (excluding diaryl/α,β-unsaturated/α-hetero) is 1. The van der Waals surface area contributed by atoms with Crippen molar-refractivity contribution in [2.45, 2.75) is 45.4 Å². The highest BCUT2D eigenvalue weighted by Gasteiger charge is 2.41. The molecular weight excluding hydrogens is 446 g/mol. The Morgan fingerprint density at radius 2 is 2.10 bits per heavy atom. The molecule has 148 valence electrons. The molecule has 2 aliphatic rings. The second kappa shape index (κ2) is 7.81. The van der Waals surface area contributed by atoms with Crippen LogP contribution in [0.3, 0.4) is 0 Å². The van der Waals surface area contributed by atoms with Gasteiger partial charge in [-0.15, -0.1) is 11.3 Å². The van der Waals surface area contributed by atoms with Gasteiger partial charge in [0.05, 0.1) is 23.2 Å². The zero-order valence-corrected chi connectivity index (χ0v) is 18.9. The van der Waals surface area contributed by atoms with Crippen molar-refractivity contribution in [3.63, 3.8) is 0 Å². The number of carbonyl (C=O) groups is 1. The third-order valence-corrected chi connectivity index (χ3v) is 7.42. The van der Waals surface area contributed by atoms with Crippen LogP contribution in [0.4, 0.5) is 5.69 Å². The summed E-state index contributed by atoms with van der Waals surface area (Å²) in [7, 11) is 0. The van der Waals surface area contributed by atoms with E-state index in [-0.39, 0.29) is 11.7 Å². The molecule has 1 aliphatic heterocycles. The summed E-state index contributed by atoms with van der Waals surface area (Å²) >= 11 is 5.18. The molecule has 0 spiro atoms. The van der Waals surface area contributed by atoms with Crippen molar-refractivity contribution in [2.75, 3.05) is 4.90 Å². The maximum Gasteiger partial charge on any atom is 0.161 e. The number of halogens is 1. The third-order valence-electron chi connectivity index (χ3n) is 5.63. The molecule has 2 N–H and O–H groups in total. The van der Waals surface area contributed by atoms with Gasteiger partial charge in [-0.05, 0) is 62.1 Å². The van der Waals surface area contributed by atoms with Crippen molar-refractivity contribution < 1.29 is 4.79 Å². The summed E-state index contributed by atoms with van der Waals surface area (Å²) in [4.78, 5) is 17.3. The summed E-state index contributed by atoms with van der Waals surface area (Å²) < 4.78 is 0.983. The second-order valence-electron chi connectivity index (χ2n) is 7.40. The van der Waals surface area contributed by atoms with E-state index >= 15 is 0 Å². The van der Waals surface area contributed by atoms with Crippen molar-refractivity contribution in [3.8, 4) is 6.07 Å². The first kappa shape index (κ1) is 19.9. The molecule has 4 nitrogen and oxygen atoms in total. The third kappa shape index (κ3) is 3.33. The van der Waals surface area contributed by atoms with E-state index in [0.29, 0.717) is 17.8 Å². The Hall–Kier alpha value is -2.36. The largest absolute Gasteiger partial charge is 0.384 e. The topological polar surface area (TPSA) is 70.1 Å². The van der Waals surface area contributed by atoms with Gasteiger partial charge in [0.2, 0.25) is 0 Å². The maximum absolute atomic E-state index is 13.1. The number of nitriles is 1. The first-order valence-electron chi connectivity index (χ1n) is 9.77. The molecule has 0 radical (unpaired) electrons. The molecule has 0 fully saturated rings. The van der Waals surface area contributed by atoms with Gasteiger partial charge in [-0.1, -0.05) is 22.9 Å². The number of hydrogen-bond donors (Lipinski definition) is 1. The molecule has 4 rings (SSSR count). The molecule has 1 unspecified atom stereocenters. The van der Waals surface area contributed by atoms with Gasteiger partial charge in [0.1, 0.15) is 5.82 Å². The van der Waals surface area contributed by atoms with Crippen molar-refractivity contribution >= 4 is 38.7 Å². The fourth-order valence-electron chi connectivity index (χ4n) is 4.26. The Morgan fingerprint density at radius 1 is 1.31 bits per heavy atom.